The highest BCUT2D eigenvalue weighted by Gasteiger charge is 2.25. The van der Waals surface area contributed by atoms with Gasteiger partial charge in [-0.3, -0.25) is 9.69 Å². The van der Waals surface area contributed by atoms with E-state index >= 15 is 0 Å². The van der Waals surface area contributed by atoms with Crippen LogP contribution in [0.15, 0.2) is 6.33 Å². The van der Waals surface area contributed by atoms with Gasteiger partial charge in [-0.1, -0.05) is 18.5 Å². The molecule has 1 aromatic heterocycles. The molecule has 1 unspecified atom stereocenters. The molecule has 0 spiro atoms. The highest BCUT2D eigenvalue weighted by molar-refractivity contribution is 6.32. The number of piperazine rings is 1. The number of likely N-dealkylation sites (N-methyl/N-ethyl adjacent to an activating group) is 1. The van der Waals surface area contributed by atoms with Crippen molar-refractivity contribution in [3.8, 4) is 0 Å². The van der Waals surface area contributed by atoms with Crippen LogP contribution in [0.2, 0.25) is 5.15 Å². The third kappa shape index (κ3) is 2.47. The lowest BCUT2D eigenvalue weighted by Gasteiger charge is -2.40. The molecule has 0 bridgehead atoms. The number of carbonyl (C=O) groups excluding carboxylic acids is 1. The lowest BCUT2D eigenvalue weighted by Crippen LogP contribution is -2.51. The summed E-state index contributed by atoms with van der Waals surface area (Å²) in [6, 6.07) is 0.479. The van der Waals surface area contributed by atoms with Crippen molar-refractivity contribution in [1.82, 2.24) is 14.9 Å². The average Bonchev–Trinajstić information content (AvgIpc) is 2.39. The van der Waals surface area contributed by atoms with Gasteiger partial charge in [0.2, 0.25) is 0 Å². The van der Waals surface area contributed by atoms with Crippen molar-refractivity contribution in [2.75, 3.05) is 31.6 Å². The van der Waals surface area contributed by atoms with Gasteiger partial charge in [0.15, 0.2) is 6.29 Å². The van der Waals surface area contributed by atoms with Gasteiger partial charge in [0, 0.05) is 25.7 Å². The van der Waals surface area contributed by atoms with Gasteiger partial charge in [-0.15, -0.1) is 0 Å². The van der Waals surface area contributed by atoms with Crippen molar-refractivity contribution >= 4 is 23.7 Å². The Kier molecular flexibility index (Phi) is 4.14. The molecule has 1 aliphatic rings. The topological polar surface area (TPSA) is 49.3 Å². The zero-order valence-corrected chi connectivity index (χ0v) is 11.4. The summed E-state index contributed by atoms with van der Waals surface area (Å²) in [5.41, 5.74) is 0.388. The van der Waals surface area contributed by atoms with Crippen molar-refractivity contribution in [3.63, 3.8) is 0 Å². The molecule has 6 heteroatoms. The summed E-state index contributed by atoms with van der Waals surface area (Å²) in [4.78, 5) is 23.6. The quantitative estimate of drug-likeness (QED) is 0.614. The first-order valence-corrected chi connectivity index (χ1v) is 6.46. The molecule has 2 rings (SSSR count). The van der Waals surface area contributed by atoms with Crippen LogP contribution in [0, 0.1) is 0 Å². The van der Waals surface area contributed by atoms with Gasteiger partial charge in [0.25, 0.3) is 0 Å². The van der Waals surface area contributed by atoms with Crippen molar-refractivity contribution in [2.24, 2.45) is 0 Å². The number of rotatable bonds is 3. The fourth-order valence-corrected chi connectivity index (χ4v) is 2.47. The van der Waals surface area contributed by atoms with E-state index in [0.29, 0.717) is 17.4 Å². The Morgan fingerprint density at radius 1 is 1.50 bits per heavy atom. The summed E-state index contributed by atoms with van der Waals surface area (Å²) in [5, 5.41) is 0.224. The second-order valence-corrected chi connectivity index (χ2v) is 4.87. The Morgan fingerprint density at radius 3 is 2.94 bits per heavy atom. The average molecular weight is 269 g/mol. The van der Waals surface area contributed by atoms with Crippen LogP contribution in [0.1, 0.15) is 23.7 Å². The maximum atomic E-state index is 11.1. The summed E-state index contributed by atoms with van der Waals surface area (Å²) in [5.74, 6) is 0.650. The third-order valence-electron chi connectivity index (χ3n) is 3.48. The Morgan fingerprint density at radius 2 is 2.28 bits per heavy atom. The molecule has 1 aromatic rings. The highest BCUT2D eigenvalue weighted by Crippen LogP contribution is 2.24. The van der Waals surface area contributed by atoms with Gasteiger partial charge < -0.3 is 4.90 Å². The highest BCUT2D eigenvalue weighted by atomic mass is 35.5. The molecule has 5 nitrogen and oxygen atoms in total. The molecule has 18 heavy (non-hydrogen) atoms. The number of nitrogens with zero attached hydrogens (tertiary/aromatic N) is 4. The standard InChI is InChI=1S/C12H17ClN4O/c1-3-9-6-17(5-4-16(9)2)12-10(7-18)11(13)14-8-15-12/h7-9H,3-6H2,1-2H3. The van der Waals surface area contributed by atoms with Gasteiger partial charge in [0.1, 0.15) is 17.3 Å². The zero-order chi connectivity index (χ0) is 13.1. The Labute approximate surface area is 112 Å². The summed E-state index contributed by atoms with van der Waals surface area (Å²) < 4.78 is 0. The number of hydrogen-bond donors (Lipinski definition) is 0. The molecule has 0 aliphatic carbocycles. The van der Waals surface area contributed by atoms with Crippen LogP contribution in [0.5, 0.6) is 0 Å². The maximum absolute atomic E-state index is 11.1. The van der Waals surface area contributed by atoms with Crippen LogP contribution in [0.3, 0.4) is 0 Å². The summed E-state index contributed by atoms with van der Waals surface area (Å²) >= 11 is 5.93. The van der Waals surface area contributed by atoms with Crippen LogP contribution in [-0.4, -0.2) is 53.9 Å². The minimum Gasteiger partial charge on any atom is -0.353 e. The Balaban J connectivity index is 2.27. The van der Waals surface area contributed by atoms with Crippen molar-refractivity contribution in [1.29, 1.82) is 0 Å². The molecule has 1 fully saturated rings. The molecule has 0 saturated carbocycles. The van der Waals surface area contributed by atoms with E-state index in [4.69, 9.17) is 11.6 Å². The minimum absolute atomic E-state index is 0.224. The van der Waals surface area contributed by atoms with E-state index in [9.17, 15) is 4.79 Å². The minimum atomic E-state index is 0.224. The van der Waals surface area contributed by atoms with Crippen LogP contribution >= 0.6 is 11.6 Å². The van der Waals surface area contributed by atoms with E-state index in [1.807, 2.05) is 0 Å². The van der Waals surface area contributed by atoms with Gasteiger partial charge in [-0.2, -0.15) is 0 Å². The molecule has 0 radical (unpaired) electrons. The zero-order valence-electron chi connectivity index (χ0n) is 10.6. The Hall–Kier alpha value is -1.20. The molecule has 98 valence electrons. The molecular weight excluding hydrogens is 252 g/mol. The summed E-state index contributed by atoms with van der Waals surface area (Å²) in [7, 11) is 2.12. The molecule has 0 amide bonds. The molecule has 1 saturated heterocycles. The maximum Gasteiger partial charge on any atom is 0.156 e. The van der Waals surface area contributed by atoms with E-state index < -0.39 is 0 Å². The fraction of sp³-hybridized carbons (Fsp3) is 0.583. The van der Waals surface area contributed by atoms with Crippen LogP contribution in [-0.2, 0) is 0 Å². The number of halogens is 1. The largest absolute Gasteiger partial charge is 0.353 e. The predicted octanol–water partition coefficient (Wildman–Crippen LogP) is 1.47. The molecular formula is C12H17ClN4O. The van der Waals surface area contributed by atoms with Crippen LogP contribution in [0.25, 0.3) is 0 Å². The predicted molar refractivity (Wildman–Crippen MR) is 71.4 cm³/mol. The van der Waals surface area contributed by atoms with Crippen molar-refractivity contribution in [2.45, 2.75) is 19.4 Å². The SMILES string of the molecule is CCC1CN(c2ncnc(Cl)c2C=O)CCN1C. The van der Waals surface area contributed by atoms with E-state index in [-0.39, 0.29) is 5.15 Å². The summed E-state index contributed by atoms with van der Waals surface area (Å²) in [6.07, 6.45) is 3.21. The van der Waals surface area contributed by atoms with Crippen molar-refractivity contribution < 1.29 is 4.79 Å². The molecule has 1 atom stereocenters. The first-order chi connectivity index (χ1) is 8.67. The van der Waals surface area contributed by atoms with E-state index in [1.54, 1.807) is 0 Å². The molecule has 0 N–H and O–H groups in total. The number of aldehydes is 1. The van der Waals surface area contributed by atoms with Gasteiger partial charge in [-0.25, -0.2) is 9.97 Å². The van der Waals surface area contributed by atoms with Crippen LogP contribution in [0.4, 0.5) is 5.82 Å². The van der Waals surface area contributed by atoms with Crippen LogP contribution < -0.4 is 4.90 Å². The molecule has 1 aliphatic heterocycles. The van der Waals surface area contributed by atoms with Gasteiger partial charge in [0.05, 0.1) is 5.56 Å². The fourth-order valence-electron chi connectivity index (χ4n) is 2.30. The lowest BCUT2D eigenvalue weighted by atomic mass is 10.1. The van der Waals surface area contributed by atoms with E-state index in [2.05, 4.69) is 33.7 Å². The molecule has 0 aromatic carbocycles. The lowest BCUT2D eigenvalue weighted by molar-refractivity contribution is 0.112. The number of aromatic nitrogens is 2. The monoisotopic (exact) mass is 268 g/mol. The second-order valence-electron chi connectivity index (χ2n) is 4.51. The molecule has 2 heterocycles. The second kappa shape index (κ2) is 5.63. The van der Waals surface area contributed by atoms with E-state index in [0.717, 1.165) is 32.3 Å². The first-order valence-electron chi connectivity index (χ1n) is 6.08. The smallest absolute Gasteiger partial charge is 0.156 e. The van der Waals surface area contributed by atoms with E-state index in [1.165, 1.54) is 6.33 Å². The van der Waals surface area contributed by atoms with Gasteiger partial charge in [-0.05, 0) is 13.5 Å². The first kappa shape index (κ1) is 13.2. The number of hydrogen-bond acceptors (Lipinski definition) is 5. The normalized spacial score (nSPS) is 21.1. The van der Waals surface area contributed by atoms with Gasteiger partial charge >= 0.3 is 0 Å². The number of anilines is 1. The summed E-state index contributed by atoms with van der Waals surface area (Å²) in [6.45, 7) is 4.83. The number of carbonyl (C=O) groups is 1. The Bertz CT molecular complexity index is 440. The van der Waals surface area contributed by atoms with Crippen molar-refractivity contribution in [3.05, 3.63) is 17.0 Å². The third-order valence-corrected chi connectivity index (χ3v) is 3.78.